The van der Waals surface area contributed by atoms with E-state index < -0.39 is 0 Å². The zero-order valence-corrected chi connectivity index (χ0v) is 14.3. The summed E-state index contributed by atoms with van der Waals surface area (Å²) >= 11 is 0. The summed E-state index contributed by atoms with van der Waals surface area (Å²) in [5.74, 6) is 0.782. The fourth-order valence-corrected chi connectivity index (χ4v) is 3.01. The van der Waals surface area contributed by atoms with Crippen molar-refractivity contribution in [3.63, 3.8) is 0 Å². The number of anilines is 1. The number of benzene rings is 1. The Hall–Kier alpha value is -1.75. The molecular formula is C18H29N3O2. The highest BCUT2D eigenvalue weighted by atomic mass is 16.5. The predicted molar refractivity (Wildman–Crippen MR) is 94.1 cm³/mol. The average Bonchev–Trinajstić information content (AvgIpc) is 2.59. The number of carbonyl (C=O) groups is 1. The average molecular weight is 319 g/mol. The van der Waals surface area contributed by atoms with Gasteiger partial charge in [-0.05, 0) is 56.6 Å². The van der Waals surface area contributed by atoms with Crippen LogP contribution in [0.25, 0.3) is 0 Å². The molecule has 2 rings (SSSR count). The second-order valence-electron chi connectivity index (χ2n) is 6.10. The number of carbonyl (C=O) groups excluding carboxylic acids is 1. The van der Waals surface area contributed by atoms with Crippen molar-refractivity contribution in [3.8, 4) is 5.75 Å². The molecule has 0 aromatic heterocycles. The minimum atomic E-state index is -0.142. The van der Waals surface area contributed by atoms with Crippen LogP contribution in [-0.2, 0) is 0 Å². The number of likely N-dealkylation sites (tertiary alicyclic amines) is 1. The molecule has 1 saturated heterocycles. The minimum Gasteiger partial charge on any atom is -0.497 e. The lowest BCUT2D eigenvalue weighted by atomic mass is 10.0. The van der Waals surface area contributed by atoms with Gasteiger partial charge in [0.25, 0.3) is 0 Å². The van der Waals surface area contributed by atoms with Crippen LogP contribution >= 0.6 is 0 Å². The fourth-order valence-electron chi connectivity index (χ4n) is 3.01. The van der Waals surface area contributed by atoms with Crippen molar-refractivity contribution in [2.24, 2.45) is 0 Å². The largest absolute Gasteiger partial charge is 0.497 e. The van der Waals surface area contributed by atoms with Gasteiger partial charge in [-0.2, -0.15) is 0 Å². The predicted octanol–water partition coefficient (Wildman–Crippen LogP) is 3.47. The maximum absolute atomic E-state index is 12.1. The molecule has 1 aliphatic heterocycles. The molecule has 128 valence electrons. The van der Waals surface area contributed by atoms with Crippen molar-refractivity contribution in [1.82, 2.24) is 10.2 Å². The summed E-state index contributed by atoms with van der Waals surface area (Å²) in [7, 11) is 1.63. The molecule has 1 fully saturated rings. The third kappa shape index (κ3) is 5.75. The van der Waals surface area contributed by atoms with Crippen LogP contribution in [0, 0.1) is 0 Å². The Morgan fingerprint density at radius 2 is 2.09 bits per heavy atom. The third-order valence-corrected chi connectivity index (χ3v) is 4.39. The Labute approximate surface area is 139 Å². The first-order valence-corrected chi connectivity index (χ1v) is 8.66. The van der Waals surface area contributed by atoms with E-state index in [2.05, 4.69) is 22.5 Å². The Bertz CT molecular complexity index is 476. The second kappa shape index (κ2) is 9.40. The smallest absolute Gasteiger partial charge is 0.319 e. The number of methoxy groups -OCH3 is 1. The van der Waals surface area contributed by atoms with Gasteiger partial charge in [-0.3, -0.25) is 4.90 Å². The lowest BCUT2D eigenvalue weighted by Gasteiger charge is -2.35. The van der Waals surface area contributed by atoms with Crippen LogP contribution in [0.4, 0.5) is 10.5 Å². The van der Waals surface area contributed by atoms with E-state index >= 15 is 0 Å². The maximum atomic E-state index is 12.1. The monoisotopic (exact) mass is 319 g/mol. The van der Waals surface area contributed by atoms with Gasteiger partial charge in [-0.25, -0.2) is 4.79 Å². The van der Waals surface area contributed by atoms with Crippen LogP contribution in [0.3, 0.4) is 0 Å². The molecule has 5 heteroatoms. The lowest BCUT2D eigenvalue weighted by Crippen LogP contribution is -2.47. The molecule has 1 aromatic rings. The molecule has 1 atom stereocenters. The van der Waals surface area contributed by atoms with Gasteiger partial charge in [0.15, 0.2) is 0 Å². The Kier molecular flexibility index (Phi) is 7.20. The first kappa shape index (κ1) is 17.6. The van der Waals surface area contributed by atoms with Crippen LogP contribution in [0.1, 0.15) is 39.0 Å². The van der Waals surface area contributed by atoms with Gasteiger partial charge >= 0.3 is 6.03 Å². The number of hydrogen-bond donors (Lipinski definition) is 2. The SMILES string of the molecule is CCCCN1CCCCC1CNC(=O)Nc1ccc(OC)cc1. The van der Waals surface area contributed by atoms with E-state index in [0.29, 0.717) is 12.6 Å². The standard InChI is InChI=1S/C18H29N3O2/c1-3-4-12-21-13-6-5-7-16(21)14-19-18(22)20-15-8-10-17(23-2)11-9-15/h8-11,16H,3-7,12-14H2,1-2H3,(H2,19,20,22). The molecular weight excluding hydrogens is 290 g/mol. The molecule has 0 bridgehead atoms. The fraction of sp³-hybridized carbons (Fsp3) is 0.611. The zero-order valence-electron chi connectivity index (χ0n) is 14.3. The Morgan fingerprint density at radius 3 is 2.78 bits per heavy atom. The number of ether oxygens (including phenoxy) is 1. The highest BCUT2D eigenvalue weighted by Gasteiger charge is 2.22. The quantitative estimate of drug-likeness (QED) is 0.809. The number of urea groups is 1. The van der Waals surface area contributed by atoms with Crippen LogP contribution < -0.4 is 15.4 Å². The number of amides is 2. The van der Waals surface area contributed by atoms with E-state index in [1.807, 2.05) is 24.3 Å². The normalized spacial score (nSPS) is 18.4. The van der Waals surface area contributed by atoms with Crippen molar-refractivity contribution in [2.45, 2.75) is 45.1 Å². The summed E-state index contributed by atoms with van der Waals surface area (Å²) < 4.78 is 5.11. The molecule has 2 N–H and O–H groups in total. The molecule has 0 radical (unpaired) electrons. The van der Waals surface area contributed by atoms with Gasteiger partial charge in [0.2, 0.25) is 0 Å². The van der Waals surface area contributed by atoms with Crippen molar-refractivity contribution in [2.75, 3.05) is 32.1 Å². The first-order valence-electron chi connectivity index (χ1n) is 8.66. The van der Waals surface area contributed by atoms with Crippen LogP contribution in [-0.4, -0.2) is 43.7 Å². The van der Waals surface area contributed by atoms with E-state index in [0.717, 1.165) is 24.5 Å². The molecule has 1 heterocycles. The molecule has 1 aliphatic rings. The van der Waals surface area contributed by atoms with Crippen LogP contribution in [0.15, 0.2) is 24.3 Å². The number of rotatable bonds is 7. The summed E-state index contributed by atoms with van der Waals surface area (Å²) in [6.07, 6.45) is 6.16. The van der Waals surface area contributed by atoms with Crippen molar-refractivity contribution in [3.05, 3.63) is 24.3 Å². The topological polar surface area (TPSA) is 53.6 Å². The van der Waals surface area contributed by atoms with E-state index in [9.17, 15) is 4.79 Å². The van der Waals surface area contributed by atoms with E-state index in [1.54, 1.807) is 7.11 Å². The molecule has 0 saturated carbocycles. The van der Waals surface area contributed by atoms with E-state index in [1.165, 1.54) is 32.1 Å². The summed E-state index contributed by atoms with van der Waals surface area (Å²) in [6, 6.07) is 7.68. The number of nitrogens with one attached hydrogen (secondary N) is 2. The molecule has 0 spiro atoms. The first-order chi connectivity index (χ1) is 11.2. The van der Waals surface area contributed by atoms with Crippen LogP contribution in [0.5, 0.6) is 5.75 Å². The number of nitrogens with zero attached hydrogens (tertiary/aromatic N) is 1. The molecule has 2 amide bonds. The van der Waals surface area contributed by atoms with Crippen LogP contribution in [0.2, 0.25) is 0 Å². The van der Waals surface area contributed by atoms with Gasteiger partial charge in [0.1, 0.15) is 5.75 Å². The molecule has 5 nitrogen and oxygen atoms in total. The third-order valence-electron chi connectivity index (χ3n) is 4.39. The zero-order chi connectivity index (χ0) is 16.5. The second-order valence-corrected chi connectivity index (χ2v) is 6.10. The van der Waals surface area contributed by atoms with E-state index in [4.69, 9.17) is 4.74 Å². The highest BCUT2D eigenvalue weighted by Crippen LogP contribution is 2.17. The summed E-state index contributed by atoms with van der Waals surface area (Å²) in [5, 5.41) is 5.88. The highest BCUT2D eigenvalue weighted by molar-refractivity contribution is 5.89. The Morgan fingerprint density at radius 1 is 1.30 bits per heavy atom. The van der Waals surface area contributed by atoms with E-state index in [-0.39, 0.29) is 6.03 Å². The van der Waals surface area contributed by atoms with Gasteiger partial charge in [-0.15, -0.1) is 0 Å². The lowest BCUT2D eigenvalue weighted by molar-refractivity contribution is 0.145. The molecule has 1 unspecified atom stereocenters. The molecule has 0 aliphatic carbocycles. The van der Waals surface area contributed by atoms with Gasteiger partial charge in [-0.1, -0.05) is 19.8 Å². The maximum Gasteiger partial charge on any atom is 0.319 e. The molecule has 23 heavy (non-hydrogen) atoms. The number of hydrogen-bond acceptors (Lipinski definition) is 3. The number of unbranched alkanes of at least 4 members (excludes halogenated alkanes) is 1. The van der Waals surface area contributed by atoms with Gasteiger partial charge in [0, 0.05) is 18.3 Å². The van der Waals surface area contributed by atoms with Crippen molar-refractivity contribution >= 4 is 11.7 Å². The summed E-state index contributed by atoms with van der Waals surface area (Å²) in [5.41, 5.74) is 0.773. The van der Waals surface area contributed by atoms with Gasteiger partial charge < -0.3 is 15.4 Å². The summed E-state index contributed by atoms with van der Waals surface area (Å²) in [6.45, 7) is 5.24. The van der Waals surface area contributed by atoms with Crippen molar-refractivity contribution in [1.29, 1.82) is 0 Å². The summed E-state index contributed by atoms with van der Waals surface area (Å²) in [4.78, 5) is 14.6. The number of piperidine rings is 1. The molecule has 1 aromatic carbocycles. The Balaban J connectivity index is 1.77. The minimum absolute atomic E-state index is 0.142. The van der Waals surface area contributed by atoms with Crippen molar-refractivity contribution < 1.29 is 9.53 Å². The van der Waals surface area contributed by atoms with Gasteiger partial charge in [0.05, 0.1) is 7.11 Å².